The number of aromatic nitrogens is 2. The Balaban J connectivity index is 2.62. The summed E-state index contributed by atoms with van der Waals surface area (Å²) in [6, 6.07) is 0. The van der Waals surface area contributed by atoms with Gasteiger partial charge in [-0.15, -0.1) is 0 Å². The van der Waals surface area contributed by atoms with Crippen LogP contribution in [0, 0.1) is 0 Å². The van der Waals surface area contributed by atoms with Crippen LogP contribution < -0.4 is 11.1 Å². The van der Waals surface area contributed by atoms with Gasteiger partial charge in [0.1, 0.15) is 0 Å². The van der Waals surface area contributed by atoms with Gasteiger partial charge in [-0.05, 0) is 6.42 Å². The SMILES string of the molecule is CCCNc1nn(C)cc1N. The van der Waals surface area contributed by atoms with E-state index in [4.69, 9.17) is 5.73 Å². The highest BCUT2D eigenvalue weighted by Gasteiger charge is 2.00. The number of nitrogens with one attached hydrogen (secondary N) is 1. The number of nitrogens with zero attached hydrogens (tertiary/aromatic N) is 2. The van der Waals surface area contributed by atoms with Crippen LogP contribution >= 0.6 is 0 Å². The molecule has 0 amide bonds. The van der Waals surface area contributed by atoms with Crippen LogP contribution in [0.4, 0.5) is 11.5 Å². The smallest absolute Gasteiger partial charge is 0.171 e. The molecule has 4 nitrogen and oxygen atoms in total. The predicted octanol–water partition coefficient (Wildman–Crippen LogP) is 0.824. The number of hydrogen-bond acceptors (Lipinski definition) is 3. The number of nitrogens with two attached hydrogens (primary N) is 1. The van der Waals surface area contributed by atoms with Gasteiger partial charge in [-0.2, -0.15) is 5.10 Å². The Labute approximate surface area is 66.4 Å². The summed E-state index contributed by atoms with van der Waals surface area (Å²) < 4.78 is 1.70. The van der Waals surface area contributed by atoms with Gasteiger partial charge in [-0.3, -0.25) is 4.68 Å². The van der Waals surface area contributed by atoms with E-state index >= 15 is 0 Å². The molecule has 4 heteroatoms. The summed E-state index contributed by atoms with van der Waals surface area (Å²) in [5.74, 6) is 0.786. The Kier molecular flexibility index (Phi) is 2.36. The number of anilines is 2. The first kappa shape index (κ1) is 7.91. The van der Waals surface area contributed by atoms with E-state index < -0.39 is 0 Å². The highest BCUT2D eigenvalue weighted by molar-refractivity contribution is 5.59. The van der Waals surface area contributed by atoms with Crippen molar-refractivity contribution in [1.82, 2.24) is 9.78 Å². The molecule has 1 aromatic rings. The Morgan fingerprint density at radius 3 is 2.91 bits per heavy atom. The lowest BCUT2D eigenvalue weighted by atomic mass is 10.4. The van der Waals surface area contributed by atoms with E-state index in [9.17, 15) is 0 Å². The third kappa shape index (κ3) is 1.86. The maximum Gasteiger partial charge on any atom is 0.171 e. The van der Waals surface area contributed by atoms with Crippen LogP contribution in [-0.2, 0) is 7.05 Å². The maximum absolute atomic E-state index is 5.64. The molecule has 1 rings (SSSR count). The summed E-state index contributed by atoms with van der Waals surface area (Å²) in [6.07, 6.45) is 2.87. The van der Waals surface area contributed by atoms with Crippen molar-refractivity contribution in [3.8, 4) is 0 Å². The maximum atomic E-state index is 5.64. The first-order valence-corrected chi connectivity index (χ1v) is 3.77. The minimum absolute atomic E-state index is 0.709. The average Bonchev–Trinajstić information content (AvgIpc) is 2.26. The number of nitrogen functional groups attached to an aromatic ring is 1. The van der Waals surface area contributed by atoms with E-state index in [-0.39, 0.29) is 0 Å². The molecule has 3 N–H and O–H groups in total. The van der Waals surface area contributed by atoms with Crippen molar-refractivity contribution in [2.24, 2.45) is 7.05 Å². The van der Waals surface area contributed by atoms with Crippen molar-refractivity contribution in [3.63, 3.8) is 0 Å². The van der Waals surface area contributed by atoms with E-state index in [0.29, 0.717) is 5.69 Å². The van der Waals surface area contributed by atoms with Crippen molar-refractivity contribution in [3.05, 3.63) is 6.20 Å². The lowest BCUT2D eigenvalue weighted by molar-refractivity contribution is 0.767. The Morgan fingerprint density at radius 1 is 1.73 bits per heavy atom. The van der Waals surface area contributed by atoms with Gasteiger partial charge >= 0.3 is 0 Å². The van der Waals surface area contributed by atoms with Gasteiger partial charge in [-0.25, -0.2) is 0 Å². The monoisotopic (exact) mass is 154 g/mol. The molecular weight excluding hydrogens is 140 g/mol. The van der Waals surface area contributed by atoms with E-state index in [0.717, 1.165) is 18.8 Å². The molecule has 0 fully saturated rings. The fraction of sp³-hybridized carbons (Fsp3) is 0.571. The molecule has 0 aliphatic rings. The van der Waals surface area contributed by atoms with Crippen molar-refractivity contribution >= 4 is 11.5 Å². The first-order chi connectivity index (χ1) is 5.24. The number of hydrogen-bond donors (Lipinski definition) is 2. The van der Waals surface area contributed by atoms with Crippen molar-refractivity contribution in [2.75, 3.05) is 17.6 Å². The lowest BCUT2D eigenvalue weighted by Crippen LogP contribution is -2.02. The molecule has 0 bridgehead atoms. The standard InChI is InChI=1S/C7H14N4/c1-3-4-9-7-6(8)5-11(2)10-7/h5H,3-4,8H2,1-2H3,(H,9,10). The number of aryl methyl sites for hydroxylation is 1. The third-order valence-corrected chi connectivity index (χ3v) is 1.40. The molecule has 0 saturated heterocycles. The minimum Gasteiger partial charge on any atom is -0.394 e. The van der Waals surface area contributed by atoms with Gasteiger partial charge in [-0.1, -0.05) is 6.92 Å². The third-order valence-electron chi connectivity index (χ3n) is 1.40. The molecule has 11 heavy (non-hydrogen) atoms. The summed E-state index contributed by atoms with van der Waals surface area (Å²) >= 11 is 0. The molecule has 0 aromatic carbocycles. The van der Waals surface area contributed by atoms with Gasteiger partial charge in [0, 0.05) is 19.8 Å². The zero-order valence-corrected chi connectivity index (χ0v) is 6.96. The topological polar surface area (TPSA) is 55.9 Å². The summed E-state index contributed by atoms with van der Waals surface area (Å²) in [5, 5.41) is 7.25. The van der Waals surface area contributed by atoms with Crippen LogP contribution in [0.15, 0.2) is 6.20 Å². The molecule has 0 saturated carbocycles. The van der Waals surface area contributed by atoms with Gasteiger partial charge in [0.25, 0.3) is 0 Å². The van der Waals surface area contributed by atoms with Crippen LogP contribution in [-0.4, -0.2) is 16.3 Å². The Hall–Kier alpha value is -1.19. The van der Waals surface area contributed by atoms with Crippen LogP contribution in [0.1, 0.15) is 13.3 Å². The second-order valence-electron chi connectivity index (χ2n) is 2.53. The van der Waals surface area contributed by atoms with Crippen LogP contribution in [0.2, 0.25) is 0 Å². The fourth-order valence-electron chi connectivity index (χ4n) is 0.888. The molecule has 0 radical (unpaired) electrons. The van der Waals surface area contributed by atoms with Crippen LogP contribution in [0.5, 0.6) is 0 Å². The normalized spacial score (nSPS) is 10.0. The highest BCUT2D eigenvalue weighted by Crippen LogP contribution is 2.13. The van der Waals surface area contributed by atoms with Crippen LogP contribution in [0.3, 0.4) is 0 Å². The molecule has 0 aliphatic heterocycles. The second kappa shape index (κ2) is 3.27. The molecule has 0 atom stereocenters. The fourth-order valence-corrected chi connectivity index (χ4v) is 0.888. The predicted molar refractivity (Wildman–Crippen MR) is 46.4 cm³/mol. The highest BCUT2D eigenvalue weighted by atomic mass is 15.3. The van der Waals surface area contributed by atoms with E-state index in [1.165, 1.54) is 0 Å². The van der Waals surface area contributed by atoms with Gasteiger partial charge in [0.2, 0.25) is 0 Å². The molecule has 1 aromatic heterocycles. The van der Waals surface area contributed by atoms with E-state index in [1.54, 1.807) is 10.9 Å². The van der Waals surface area contributed by atoms with Crippen molar-refractivity contribution in [1.29, 1.82) is 0 Å². The van der Waals surface area contributed by atoms with E-state index in [2.05, 4.69) is 17.3 Å². The Morgan fingerprint density at radius 2 is 2.45 bits per heavy atom. The summed E-state index contributed by atoms with van der Waals surface area (Å²) in [5.41, 5.74) is 6.35. The molecule has 0 spiro atoms. The summed E-state index contributed by atoms with van der Waals surface area (Å²) in [7, 11) is 1.85. The molecule has 0 aliphatic carbocycles. The Bertz CT molecular complexity index is 228. The van der Waals surface area contributed by atoms with Gasteiger partial charge < -0.3 is 11.1 Å². The first-order valence-electron chi connectivity index (χ1n) is 3.77. The molecule has 1 heterocycles. The van der Waals surface area contributed by atoms with E-state index in [1.807, 2.05) is 7.05 Å². The second-order valence-corrected chi connectivity index (χ2v) is 2.53. The summed E-state index contributed by atoms with van der Waals surface area (Å²) in [6.45, 7) is 3.02. The molecule has 0 unspecified atom stereocenters. The zero-order valence-electron chi connectivity index (χ0n) is 6.96. The quantitative estimate of drug-likeness (QED) is 0.677. The zero-order chi connectivity index (χ0) is 8.27. The minimum atomic E-state index is 0.709. The lowest BCUT2D eigenvalue weighted by Gasteiger charge is -1.99. The van der Waals surface area contributed by atoms with Crippen molar-refractivity contribution in [2.45, 2.75) is 13.3 Å². The van der Waals surface area contributed by atoms with Crippen molar-refractivity contribution < 1.29 is 0 Å². The van der Waals surface area contributed by atoms with Gasteiger partial charge in [0.05, 0.1) is 5.69 Å². The average molecular weight is 154 g/mol. The van der Waals surface area contributed by atoms with Crippen LogP contribution in [0.25, 0.3) is 0 Å². The molecule has 62 valence electrons. The number of rotatable bonds is 3. The largest absolute Gasteiger partial charge is 0.394 e. The molecular formula is C7H14N4. The van der Waals surface area contributed by atoms with Gasteiger partial charge in [0.15, 0.2) is 5.82 Å². The summed E-state index contributed by atoms with van der Waals surface area (Å²) in [4.78, 5) is 0.